The number of imidazole rings is 1. The van der Waals surface area contributed by atoms with Crippen LogP contribution in [0, 0.1) is 5.92 Å². The molecule has 1 saturated heterocycles. The Kier molecular flexibility index (Phi) is 8.85. The number of fused-ring (bicyclic) bond motifs is 2. The molecule has 1 saturated carbocycles. The molecule has 0 bridgehead atoms. The molecule has 8 atom stereocenters. The number of aromatic nitrogens is 7. The van der Waals surface area contributed by atoms with E-state index in [1.54, 1.807) is 0 Å². The van der Waals surface area contributed by atoms with Crippen molar-refractivity contribution < 1.29 is 37.1 Å². The predicted octanol–water partition coefficient (Wildman–Crippen LogP) is 1.82. The number of hydrogen-bond acceptors (Lipinski definition) is 14. The fourth-order valence-electron chi connectivity index (χ4n) is 5.85. The van der Waals surface area contributed by atoms with E-state index < -0.39 is 51.8 Å². The first-order valence-electron chi connectivity index (χ1n) is 13.5. The highest BCUT2D eigenvalue weighted by atomic mass is 32.7. The summed E-state index contributed by atoms with van der Waals surface area (Å²) >= 11 is 3.54. The van der Waals surface area contributed by atoms with E-state index in [1.165, 1.54) is 24.3 Å². The second-order valence-electron chi connectivity index (χ2n) is 10.5. The lowest BCUT2D eigenvalue weighted by atomic mass is 10.1. The summed E-state index contributed by atoms with van der Waals surface area (Å²) < 4.78 is 56.6. The fourth-order valence-corrected chi connectivity index (χ4v) is 7.30. The zero-order chi connectivity index (χ0) is 31.2. The molecule has 6 N–H and O–H groups in total. The Morgan fingerprint density at radius 3 is 2.80 bits per heavy atom. The molecule has 2 unspecified atom stereocenters. The Hall–Kier alpha value is -2.86. The molecule has 44 heavy (non-hydrogen) atoms. The minimum absolute atomic E-state index is 0.0188. The van der Waals surface area contributed by atoms with Crippen LogP contribution in [0.5, 0.6) is 0 Å². The summed E-state index contributed by atoms with van der Waals surface area (Å²) in [7, 11) is -1.76. The van der Waals surface area contributed by atoms with Crippen LogP contribution in [-0.4, -0.2) is 77.6 Å². The van der Waals surface area contributed by atoms with Crippen molar-refractivity contribution in [3.63, 3.8) is 0 Å². The molecule has 21 heteroatoms. The van der Waals surface area contributed by atoms with Gasteiger partial charge in [0.05, 0.1) is 24.9 Å². The van der Waals surface area contributed by atoms with E-state index in [4.69, 9.17) is 34.5 Å². The molecule has 0 spiro atoms. The summed E-state index contributed by atoms with van der Waals surface area (Å²) in [4.78, 5) is 40.9. The van der Waals surface area contributed by atoms with Crippen molar-refractivity contribution in [3.05, 3.63) is 35.3 Å². The van der Waals surface area contributed by atoms with Gasteiger partial charge < -0.3 is 34.9 Å². The molecule has 2 aliphatic rings. The Morgan fingerprint density at radius 1 is 1.20 bits per heavy atom. The van der Waals surface area contributed by atoms with Crippen LogP contribution in [0.3, 0.4) is 0 Å². The van der Waals surface area contributed by atoms with E-state index in [0.29, 0.717) is 5.82 Å². The molecule has 1 aliphatic heterocycles. The van der Waals surface area contributed by atoms with Crippen LogP contribution in [0.2, 0.25) is 0 Å². The molecule has 0 amide bonds. The lowest BCUT2D eigenvalue weighted by molar-refractivity contribution is -0.0489. The molecule has 6 rings (SSSR count). The highest BCUT2D eigenvalue weighted by molar-refractivity contribution is 8.44. The van der Waals surface area contributed by atoms with Gasteiger partial charge in [-0.05, 0) is 31.2 Å². The van der Waals surface area contributed by atoms with Crippen LogP contribution >= 0.6 is 27.3 Å². The standard InChI is InChI=1S/C23H31N9O9P2S/c1-37-16-14(8-39-43(35,36)44)40-22(32-10-28-15-20(32)29-23(25)30-21(15)33)17(16)41-42(34)38-7-11-2-3-12(6-11)31-5-4-13-18(24)26-9-27-19(13)31/h4-5,9-12,14,16-17,22,42H,2-3,6-8H2,1H3,(H2,24,26,27)(H2,35,36,44)(H3,25,29,30,33)/t11-,12+,14-,16-,17-,22-/m1/s1. The number of aromatic amines is 1. The van der Waals surface area contributed by atoms with Crippen molar-refractivity contribution in [3.8, 4) is 0 Å². The van der Waals surface area contributed by atoms with Gasteiger partial charge in [-0.15, -0.1) is 0 Å². The van der Waals surface area contributed by atoms with Crippen molar-refractivity contribution in [2.24, 2.45) is 5.92 Å². The number of nitrogen functional groups attached to an aromatic ring is 2. The molecule has 1 aliphatic carbocycles. The van der Waals surface area contributed by atoms with Gasteiger partial charge in [-0.1, -0.05) is 12.2 Å². The van der Waals surface area contributed by atoms with Gasteiger partial charge in [0.15, 0.2) is 17.4 Å². The number of nitrogens with one attached hydrogen (secondary N) is 1. The first kappa shape index (κ1) is 31.1. The zero-order valence-electron chi connectivity index (χ0n) is 23.3. The Morgan fingerprint density at radius 2 is 2.02 bits per heavy atom. The third-order valence-electron chi connectivity index (χ3n) is 7.81. The monoisotopic (exact) mass is 671 g/mol. The maximum Gasteiger partial charge on any atom is 0.383 e. The van der Waals surface area contributed by atoms with Crippen molar-refractivity contribution >= 4 is 61.3 Å². The average Bonchev–Trinajstić information content (AvgIpc) is 3.75. The first-order chi connectivity index (χ1) is 21.0. The largest absolute Gasteiger partial charge is 0.383 e. The van der Waals surface area contributed by atoms with E-state index in [2.05, 4.69) is 41.7 Å². The fraction of sp³-hybridized carbons (Fsp3) is 0.522. The lowest BCUT2D eigenvalue weighted by Crippen LogP contribution is -2.36. The minimum atomic E-state index is -4.17. The maximum absolute atomic E-state index is 13.2. The predicted molar refractivity (Wildman–Crippen MR) is 160 cm³/mol. The quantitative estimate of drug-likeness (QED) is 0.113. The lowest BCUT2D eigenvalue weighted by Gasteiger charge is -2.24. The number of H-pyrrole nitrogens is 1. The van der Waals surface area contributed by atoms with Crippen LogP contribution in [0.1, 0.15) is 31.5 Å². The van der Waals surface area contributed by atoms with Gasteiger partial charge in [0.25, 0.3) is 5.56 Å². The Balaban J connectivity index is 1.16. The summed E-state index contributed by atoms with van der Waals surface area (Å²) in [5, 5.41) is 0.791. The van der Waals surface area contributed by atoms with Gasteiger partial charge in [0, 0.05) is 19.3 Å². The molecule has 0 aromatic carbocycles. The number of rotatable bonds is 11. The molecular formula is C23H31N9O9P2S. The van der Waals surface area contributed by atoms with Gasteiger partial charge in [-0.2, -0.15) is 4.98 Å². The van der Waals surface area contributed by atoms with E-state index in [1.807, 2.05) is 12.3 Å². The van der Waals surface area contributed by atoms with E-state index >= 15 is 0 Å². The number of ether oxygens (including phenoxy) is 2. The highest BCUT2D eigenvalue weighted by Gasteiger charge is 2.49. The van der Waals surface area contributed by atoms with Crippen molar-refractivity contribution in [1.82, 2.24) is 34.1 Å². The molecule has 18 nitrogen and oxygen atoms in total. The Bertz CT molecular complexity index is 1800. The molecule has 238 valence electrons. The van der Waals surface area contributed by atoms with Crippen LogP contribution in [0.15, 0.2) is 29.7 Å². The van der Waals surface area contributed by atoms with Gasteiger partial charge in [-0.25, -0.2) is 19.5 Å². The highest BCUT2D eigenvalue weighted by Crippen LogP contribution is 2.48. The number of nitrogens with two attached hydrogens (primary N) is 2. The molecular weight excluding hydrogens is 640 g/mol. The SMILES string of the molecule is CO[C@H]1[C@@H](O[PH](=O)OC[C@@H]2CC[C@H](n3ccc4c(N)ncnc43)C2)[C@H](n2cnc3c(=O)[nH]c(N)nc32)O[C@@H]1COP(=O)(O)S. The van der Waals surface area contributed by atoms with E-state index in [9.17, 15) is 18.8 Å². The molecule has 2 fully saturated rings. The normalized spacial score (nSPS) is 27.7. The van der Waals surface area contributed by atoms with Gasteiger partial charge in [0.2, 0.25) is 5.95 Å². The number of anilines is 2. The van der Waals surface area contributed by atoms with Crippen molar-refractivity contribution in [2.45, 2.75) is 49.8 Å². The van der Waals surface area contributed by atoms with Gasteiger partial charge >= 0.3 is 15.1 Å². The molecule has 0 radical (unpaired) electrons. The van der Waals surface area contributed by atoms with Gasteiger partial charge in [-0.3, -0.25) is 28.0 Å². The van der Waals surface area contributed by atoms with E-state index in [-0.39, 0.29) is 35.7 Å². The van der Waals surface area contributed by atoms with Crippen LogP contribution < -0.4 is 17.0 Å². The Labute approximate surface area is 255 Å². The number of methoxy groups -OCH3 is 1. The zero-order valence-corrected chi connectivity index (χ0v) is 26.0. The summed E-state index contributed by atoms with van der Waals surface area (Å²) in [6.07, 6.45) is 3.04. The topological polar surface area (TPSA) is 247 Å². The summed E-state index contributed by atoms with van der Waals surface area (Å²) in [6, 6.07) is 2.06. The maximum atomic E-state index is 13.2. The van der Waals surface area contributed by atoms with E-state index in [0.717, 1.165) is 30.3 Å². The summed E-state index contributed by atoms with van der Waals surface area (Å²) in [5.74, 6) is 0.370. The van der Waals surface area contributed by atoms with Gasteiger partial charge in [0.1, 0.15) is 36.1 Å². The first-order valence-corrected chi connectivity index (χ1v) is 17.5. The molecule has 4 aromatic heterocycles. The number of nitrogens with zero attached hydrogens (tertiary/aromatic N) is 6. The third-order valence-corrected chi connectivity index (χ3v) is 9.50. The number of thiol groups is 1. The van der Waals surface area contributed by atoms with Crippen molar-refractivity contribution in [2.75, 3.05) is 31.8 Å². The molecule has 4 aromatic rings. The van der Waals surface area contributed by atoms with Crippen LogP contribution in [0.25, 0.3) is 22.2 Å². The third kappa shape index (κ3) is 6.29. The minimum Gasteiger partial charge on any atom is -0.383 e. The molecule has 5 heterocycles. The summed E-state index contributed by atoms with van der Waals surface area (Å²) in [5.41, 5.74) is 12.0. The average molecular weight is 672 g/mol. The number of hydrogen-bond donors (Lipinski definition) is 5. The van der Waals surface area contributed by atoms with Crippen molar-refractivity contribution in [1.29, 1.82) is 0 Å². The smallest absolute Gasteiger partial charge is 0.383 e. The van der Waals surface area contributed by atoms with Crippen LogP contribution in [-0.2, 0) is 32.2 Å². The van der Waals surface area contributed by atoms with Crippen LogP contribution in [0.4, 0.5) is 11.8 Å². The second kappa shape index (κ2) is 12.5. The summed E-state index contributed by atoms with van der Waals surface area (Å²) in [6.45, 7) is -4.40. The second-order valence-corrected chi connectivity index (χ2v) is 14.3.